The summed E-state index contributed by atoms with van der Waals surface area (Å²) >= 11 is 0. The number of sulfone groups is 1. The molecule has 146 valence electrons. The van der Waals surface area contributed by atoms with Gasteiger partial charge in [0, 0.05) is 0 Å². The molecule has 0 saturated carbocycles. The molecule has 0 amide bonds. The van der Waals surface area contributed by atoms with E-state index in [4.69, 9.17) is 5.11 Å². The van der Waals surface area contributed by atoms with E-state index >= 15 is 0 Å². The Morgan fingerprint density at radius 3 is 2.32 bits per heavy atom. The summed E-state index contributed by atoms with van der Waals surface area (Å²) in [6.07, 6.45) is -4.69. The maximum absolute atomic E-state index is 12.9. The minimum Gasteiger partial charge on any atom is -0.478 e. The summed E-state index contributed by atoms with van der Waals surface area (Å²) in [5, 5.41) is 15.8. The summed E-state index contributed by atoms with van der Waals surface area (Å²) in [6, 6.07) is 8.78. The second-order valence-corrected chi connectivity index (χ2v) is 7.64. The number of rotatable bonds is 4. The van der Waals surface area contributed by atoms with Gasteiger partial charge in [0.25, 0.3) is 0 Å². The van der Waals surface area contributed by atoms with Gasteiger partial charge in [0.1, 0.15) is 0 Å². The van der Waals surface area contributed by atoms with Crippen molar-refractivity contribution in [3.63, 3.8) is 0 Å². The van der Waals surface area contributed by atoms with Crippen LogP contribution in [0.4, 0.5) is 13.2 Å². The van der Waals surface area contributed by atoms with Crippen LogP contribution in [-0.2, 0) is 16.0 Å². The minimum absolute atomic E-state index is 0.0262. The largest absolute Gasteiger partial charge is 0.478 e. The molecule has 0 spiro atoms. The highest BCUT2D eigenvalue weighted by Crippen LogP contribution is 2.32. The van der Waals surface area contributed by atoms with Crippen LogP contribution >= 0.6 is 0 Å². The van der Waals surface area contributed by atoms with Gasteiger partial charge in [-0.25, -0.2) is 17.9 Å². The first-order valence-electron chi connectivity index (χ1n) is 7.70. The first-order valence-corrected chi connectivity index (χ1v) is 9.18. The van der Waals surface area contributed by atoms with Crippen molar-refractivity contribution < 1.29 is 31.5 Å². The molecule has 0 saturated heterocycles. The predicted molar refractivity (Wildman–Crippen MR) is 90.0 cm³/mol. The Bertz CT molecular complexity index is 1150. The standard InChI is InChI=1S/C17H12F3N3O4S/c1-10-15(21-22-23(10)13-7-5-11(6-8-13)16(24)25)28(26,27)14-4-2-3-12(9-14)17(18,19)20/h2-9H,1H3,(H,24,25). The molecule has 28 heavy (non-hydrogen) atoms. The summed E-state index contributed by atoms with van der Waals surface area (Å²) in [5.74, 6) is -1.13. The fourth-order valence-corrected chi connectivity index (χ4v) is 3.89. The third kappa shape index (κ3) is 3.48. The highest BCUT2D eigenvalue weighted by molar-refractivity contribution is 7.91. The lowest BCUT2D eigenvalue weighted by Crippen LogP contribution is -2.09. The second kappa shape index (κ2) is 6.75. The molecule has 2 aromatic carbocycles. The summed E-state index contributed by atoms with van der Waals surface area (Å²) in [6.45, 7) is 1.39. The molecular formula is C17H12F3N3O4S. The predicted octanol–water partition coefficient (Wildman–Crippen LogP) is 3.13. The number of hydrogen-bond donors (Lipinski definition) is 1. The summed E-state index contributed by atoms with van der Waals surface area (Å²) in [7, 11) is -4.35. The summed E-state index contributed by atoms with van der Waals surface area (Å²) in [4.78, 5) is 10.4. The number of halogens is 3. The van der Waals surface area contributed by atoms with Gasteiger partial charge in [0.15, 0.2) is 0 Å². The van der Waals surface area contributed by atoms with Crippen molar-refractivity contribution in [3.8, 4) is 5.69 Å². The van der Waals surface area contributed by atoms with Gasteiger partial charge >= 0.3 is 12.1 Å². The third-order valence-corrected chi connectivity index (χ3v) is 5.70. The monoisotopic (exact) mass is 411 g/mol. The molecule has 1 N–H and O–H groups in total. The Hall–Kier alpha value is -3.21. The van der Waals surface area contributed by atoms with Crippen LogP contribution in [0.2, 0.25) is 0 Å². The lowest BCUT2D eigenvalue weighted by molar-refractivity contribution is -0.137. The molecule has 1 heterocycles. The lowest BCUT2D eigenvalue weighted by atomic mass is 10.2. The Kier molecular flexibility index (Phi) is 4.71. The van der Waals surface area contributed by atoms with Crippen molar-refractivity contribution in [3.05, 3.63) is 65.4 Å². The molecule has 0 aliphatic rings. The Morgan fingerprint density at radius 1 is 1.11 bits per heavy atom. The molecule has 0 fully saturated rings. The van der Waals surface area contributed by atoms with Gasteiger partial charge in [-0.1, -0.05) is 11.3 Å². The van der Waals surface area contributed by atoms with Gasteiger partial charge in [-0.3, -0.25) is 0 Å². The number of carboxylic acids is 1. The van der Waals surface area contributed by atoms with E-state index in [-0.39, 0.29) is 11.3 Å². The SMILES string of the molecule is Cc1c(S(=O)(=O)c2cccc(C(F)(F)F)c2)nnn1-c1ccc(C(=O)O)cc1. The molecule has 0 bridgehead atoms. The zero-order valence-corrected chi connectivity index (χ0v) is 15.0. The maximum atomic E-state index is 12.9. The molecule has 0 radical (unpaired) electrons. The molecule has 0 aliphatic carbocycles. The number of aromatic carboxylic acids is 1. The van der Waals surface area contributed by atoms with Crippen LogP contribution in [-0.4, -0.2) is 34.5 Å². The fourth-order valence-electron chi connectivity index (χ4n) is 2.51. The Balaban J connectivity index is 2.04. The highest BCUT2D eigenvalue weighted by atomic mass is 32.2. The van der Waals surface area contributed by atoms with Crippen LogP contribution < -0.4 is 0 Å². The van der Waals surface area contributed by atoms with Crippen molar-refractivity contribution in [1.29, 1.82) is 0 Å². The maximum Gasteiger partial charge on any atom is 0.416 e. The van der Waals surface area contributed by atoms with Crippen LogP contribution in [0.15, 0.2) is 58.5 Å². The number of nitrogens with zero attached hydrogens (tertiary/aromatic N) is 3. The number of hydrogen-bond acceptors (Lipinski definition) is 5. The van der Waals surface area contributed by atoms with Gasteiger partial charge in [0.2, 0.25) is 14.9 Å². The zero-order chi connectivity index (χ0) is 20.7. The van der Waals surface area contributed by atoms with E-state index < -0.39 is 37.5 Å². The third-order valence-electron chi connectivity index (χ3n) is 3.94. The van der Waals surface area contributed by atoms with E-state index in [1.54, 1.807) is 0 Å². The van der Waals surface area contributed by atoms with Crippen LogP contribution in [0.5, 0.6) is 0 Å². The van der Waals surface area contributed by atoms with Crippen molar-refractivity contribution >= 4 is 15.8 Å². The van der Waals surface area contributed by atoms with E-state index in [9.17, 15) is 26.4 Å². The summed E-state index contributed by atoms with van der Waals surface area (Å²) < 4.78 is 65.3. The van der Waals surface area contributed by atoms with Crippen molar-refractivity contribution in [1.82, 2.24) is 15.0 Å². The smallest absolute Gasteiger partial charge is 0.416 e. The van der Waals surface area contributed by atoms with Gasteiger partial charge in [-0.15, -0.1) is 5.10 Å². The quantitative estimate of drug-likeness (QED) is 0.708. The van der Waals surface area contributed by atoms with Crippen molar-refractivity contribution in [2.75, 3.05) is 0 Å². The fraction of sp³-hybridized carbons (Fsp3) is 0.118. The topological polar surface area (TPSA) is 102 Å². The van der Waals surface area contributed by atoms with Crippen LogP contribution in [0.1, 0.15) is 21.6 Å². The number of alkyl halides is 3. The van der Waals surface area contributed by atoms with E-state index in [0.29, 0.717) is 11.8 Å². The zero-order valence-electron chi connectivity index (χ0n) is 14.2. The number of aromatic nitrogens is 3. The first kappa shape index (κ1) is 19.5. The molecule has 3 rings (SSSR count). The first-order chi connectivity index (χ1) is 13.0. The lowest BCUT2D eigenvalue weighted by Gasteiger charge is -2.09. The molecule has 7 nitrogen and oxygen atoms in total. The minimum atomic E-state index is -4.69. The average Bonchev–Trinajstić information content (AvgIpc) is 3.03. The van der Waals surface area contributed by atoms with Gasteiger partial charge in [-0.2, -0.15) is 13.2 Å². The van der Waals surface area contributed by atoms with Crippen molar-refractivity contribution in [2.45, 2.75) is 23.0 Å². The average molecular weight is 411 g/mol. The van der Waals surface area contributed by atoms with E-state index in [1.165, 1.54) is 31.2 Å². The molecular weight excluding hydrogens is 399 g/mol. The van der Waals surface area contributed by atoms with E-state index in [1.807, 2.05) is 0 Å². The molecule has 1 aromatic heterocycles. The number of carboxylic acid groups (broad SMARTS) is 1. The molecule has 3 aromatic rings. The second-order valence-electron chi connectivity index (χ2n) is 5.77. The highest BCUT2D eigenvalue weighted by Gasteiger charge is 2.33. The van der Waals surface area contributed by atoms with E-state index in [2.05, 4.69) is 10.3 Å². The Labute approximate surface area is 157 Å². The molecule has 0 unspecified atom stereocenters. The number of benzene rings is 2. The molecule has 0 atom stereocenters. The molecule has 11 heteroatoms. The Morgan fingerprint density at radius 2 is 1.75 bits per heavy atom. The van der Waals surface area contributed by atoms with E-state index in [0.717, 1.165) is 22.9 Å². The normalized spacial score (nSPS) is 12.1. The molecule has 0 aliphatic heterocycles. The van der Waals surface area contributed by atoms with Crippen LogP contribution in [0.3, 0.4) is 0 Å². The number of carbonyl (C=O) groups is 1. The van der Waals surface area contributed by atoms with Crippen LogP contribution in [0, 0.1) is 6.92 Å². The van der Waals surface area contributed by atoms with Gasteiger partial charge in [-0.05, 0) is 49.4 Å². The summed E-state index contributed by atoms with van der Waals surface area (Å²) in [5.41, 5.74) is -0.651. The van der Waals surface area contributed by atoms with Gasteiger partial charge < -0.3 is 5.11 Å². The van der Waals surface area contributed by atoms with Crippen LogP contribution in [0.25, 0.3) is 5.69 Å². The van der Waals surface area contributed by atoms with Gasteiger partial charge in [0.05, 0.1) is 27.4 Å². The van der Waals surface area contributed by atoms with Crippen molar-refractivity contribution in [2.24, 2.45) is 0 Å².